The van der Waals surface area contributed by atoms with E-state index in [1.807, 2.05) is 32.0 Å². The van der Waals surface area contributed by atoms with Gasteiger partial charge >= 0.3 is 5.97 Å². The summed E-state index contributed by atoms with van der Waals surface area (Å²) in [5.74, 6) is -0.906. The molecule has 4 nitrogen and oxygen atoms in total. The lowest BCUT2D eigenvalue weighted by Gasteiger charge is -2.18. The van der Waals surface area contributed by atoms with Crippen molar-refractivity contribution >= 4 is 11.9 Å². The van der Waals surface area contributed by atoms with Gasteiger partial charge in [0.15, 0.2) is 0 Å². The van der Waals surface area contributed by atoms with Crippen molar-refractivity contribution in [1.29, 1.82) is 0 Å². The van der Waals surface area contributed by atoms with Crippen LogP contribution >= 0.6 is 0 Å². The number of aromatic carboxylic acids is 1. The molecule has 0 saturated carbocycles. The van der Waals surface area contributed by atoms with Crippen molar-refractivity contribution in [1.82, 2.24) is 4.90 Å². The van der Waals surface area contributed by atoms with Crippen LogP contribution in [0, 0.1) is 13.8 Å². The standard InChI is InChI=1S/C19H21NO3/c1-13-4-5-14(2)17(10-13)11-18(21)20(3)12-15-6-8-16(9-7-15)19(22)23/h4-10H,11-12H2,1-3H3,(H,22,23). The Morgan fingerprint density at radius 2 is 1.70 bits per heavy atom. The maximum Gasteiger partial charge on any atom is 0.335 e. The first-order chi connectivity index (χ1) is 10.9. The number of rotatable bonds is 5. The Balaban J connectivity index is 2.02. The molecule has 0 saturated heterocycles. The Kier molecular flexibility index (Phi) is 5.16. The lowest BCUT2D eigenvalue weighted by Crippen LogP contribution is -2.28. The normalized spacial score (nSPS) is 10.4. The van der Waals surface area contributed by atoms with Crippen molar-refractivity contribution in [2.75, 3.05) is 7.05 Å². The third-order valence-corrected chi connectivity index (χ3v) is 3.89. The van der Waals surface area contributed by atoms with Gasteiger partial charge in [0.05, 0.1) is 12.0 Å². The predicted molar refractivity (Wildman–Crippen MR) is 89.5 cm³/mol. The number of amides is 1. The molecule has 2 rings (SSSR count). The summed E-state index contributed by atoms with van der Waals surface area (Å²) in [4.78, 5) is 24.9. The summed E-state index contributed by atoms with van der Waals surface area (Å²) >= 11 is 0. The molecule has 0 aliphatic heterocycles. The average Bonchev–Trinajstić information content (AvgIpc) is 2.51. The van der Waals surface area contributed by atoms with Gasteiger partial charge in [-0.1, -0.05) is 35.9 Å². The topological polar surface area (TPSA) is 57.6 Å². The maximum atomic E-state index is 12.4. The molecule has 0 bridgehead atoms. The van der Waals surface area contributed by atoms with Crippen molar-refractivity contribution in [2.45, 2.75) is 26.8 Å². The van der Waals surface area contributed by atoms with Crippen LogP contribution in [0.5, 0.6) is 0 Å². The van der Waals surface area contributed by atoms with E-state index in [0.29, 0.717) is 13.0 Å². The second kappa shape index (κ2) is 7.09. The molecule has 0 heterocycles. The molecule has 0 radical (unpaired) electrons. The van der Waals surface area contributed by atoms with E-state index in [-0.39, 0.29) is 11.5 Å². The lowest BCUT2D eigenvalue weighted by atomic mass is 10.0. The molecule has 0 unspecified atom stereocenters. The van der Waals surface area contributed by atoms with Gasteiger partial charge in [0.25, 0.3) is 0 Å². The number of aryl methyl sites for hydroxylation is 2. The maximum absolute atomic E-state index is 12.4. The van der Waals surface area contributed by atoms with Gasteiger partial charge in [-0.25, -0.2) is 4.79 Å². The number of carbonyl (C=O) groups is 2. The van der Waals surface area contributed by atoms with E-state index >= 15 is 0 Å². The Labute approximate surface area is 136 Å². The first-order valence-electron chi connectivity index (χ1n) is 7.49. The van der Waals surface area contributed by atoms with E-state index in [2.05, 4.69) is 0 Å². The first-order valence-corrected chi connectivity index (χ1v) is 7.49. The molecule has 1 amide bonds. The number of benzene rings is 2. The van der Waals surface area contributed by atoms with Crippen molar-refractivity contribution in [3.05, 3.63) is 70.3 Å². The summed E-state index contributed by atoms with van der Waals surface area (Å²) in [7, 11) is 1.76. The number of carboxylic acid groups (broad SMARTS) is 1. The highest BCUT2D eigenvalue weighted by molar-refractivity contribution is 5.87. The number of hydrogen-bond acceptors (Lipinski definition) is 2. The van der Waals surface area contributed by atoms with Crippen LogP contribution in [0.15, 0.2) is 42.5 Å². The largest absolute Gasteiger partial charge is 0.478 e. The van der Waals surface area contributed by atoms with Crippen LogP contribution in [-0.4, -0.2) is 28.9 Å². The van der Waals surface area contributed by atoms with Crippen LogP contribution in [0.4, 0.5) is 0 Å². The number of nitrogens with zero attached hydrogens (tertiary/aromatic N) is 1. The average molecular weight is 311 g/mol. The summed E-state index contributed by atoms with van der Waals surface area (Å²) in [5, 5.41) is 8.89. The molecule has 0 aliphatic rings. The van der Waals surface area contributed by atoms with Gasteiger partial charge in [-0.05, 0) is 42.7 Å². The highest BCUT2D eigenvalue weighted by Crippen LogP contribution is 2.13. The summed E-state index contributed by atoms with van der Waals surface area (Å²) in [6.45, 7) is 4.48. The minimum atomic E-state index is -0.948. The Bertz CT molecular complexity index is 720. The predicted octanol–water partition coefficient (Wildman–Crippen LogP) is 3.20. The Morgan fingerprint density at radius 3 is 2.30 bits per heavy atom. The van der Waals surface area contributed by atoms with E-state index in [9.17, 15) is 9.59 Å². The Hall–Kier alpha value is -2.62. The molecule has 4 heteroatoms. The van der Waals surface area contributed by atoms with Gasteiger partial charge in [-0.3, -0.25) is 4.79 Å². The minimum absolute atomic E-state index is 0.0426. The van der Waals surface area contributed by atoms with Crippen LogP contribution in [0.2, 0.25) is 0 Å². The summed E-state index contributed by atoms with van der Waals surface area (Å²) in [5.41, 5.74) is 4.46. The zero-order chi connectivity index (χ0) is 17.0. The van der Waals surface area contributed by atoms with Crippen molar-refractivity contribution < 1.29 is 14.7 Å². The smallest absolute Gasteiger partial charge is 0.335 e. The number of carbonyl (C=O) groups excluding carboxylic acids is 1. The second-order valence-electron chi connectivity index (χ2n) is 5.86. The van der Waals surface area contributed by atoms with Crippen LogP contribution in [0.3, 0.4) is 0 Å². The van der Waals surface area contributed by atoms with E-state index in [4.69, 9.17) is 5.11 Å². The number of likely N-dealkylation sites (N-methyl/N-ethyl adjacent to an activating group) is 1. The molecule has 2 aromatic rings. The molecule has 0 aromatic heterocycles. The van der Waals surface area contributed by atoms with Crippen molar-refractivity contribution in [3.63, 3.8) is 0 Å². The molecular weight excluding hydrogens is 290 g/mol. The van der Waals surface area contributed by atoms with Gasteiger partial charge in [0, 0.05) is 13.6 Å². The third-order valence-electron chi connectivity index (χ3n) is 3.89. The molecule has 0 fully saturated rings. The fourth-order valence-electron chi connectivity index (χ4n) is 2.40. The highest BCUT2D eigenvalue weighted by Gasteiger charge is 2.12. The van der Waals surface area contributed by atoms with E-state index in [1.165, 1.54) is 0 Å². The summed E-state index contributed by atoms with van der Waals surface area (Å²) in [6.07, 6.45) is 0.372. The van der Waals surface area contributed by atoms with Crippen LogP contribution in [0.1, 0.15) is 32.6 Å². The van der Waals surface area contributed by atoms with E-state index in [1.54, 1.807) is 36.2 Å². The molecule has 120 valence electrons. The summed E-state index contributed by atoms with van der Waals surface area (Å²) < 4.78 is 0. The van der Waals surface area contributed by atoms with Gasteiger partial charge in [-0.15, -0.1) is 0 Å². The fourth-order valence-corrected chi connectivity index (χ4v) is 2.40. The van der Waals surface area contributed by atoms with Crippen LogP contribution in [0.25, 0.3) is 0 Å². The van der Waals surface area contributed by atoms with Gasteiger partial charge in [0.2, 0.25) is 5.91 Å². The van der Waals surface area contributed by atoms with Crippen LogP contribution < -0.4 is 0 Å². The molecular formula is C19H21NO3. The lowest BCUT2D eigenvalue weighted by molar-refractivity contribution is -0.129. The zero-order valence-electron chi connectivity index (χ0n) is 13.7. The zero-order valence-corrected chi connectivity index (χ0v) is 13.7. The van der Waals surface area contributed by atoms with Crippen LogP contribution in [-0.2, 0) is 17.8 Å². The molecule has 0 atom stereocenters. The molecule has 0 spiro atoms. The third kappa shape index (κ3) is 4.42. The van der Waals surface area contributed by atoms with Gasteiger partial charge in [-0.2, -0.15) is 0 Å². The molecule has 23 heavy (non-hydrogen) atoms. The van der Waals surface area contributed by atoms with Crippen molar-refractivity contribution in [2.24, 2.45) is 0 Å². The van der Waals surface area contributed by atoms with E-state index < -0.39 is 5.97 Å². The van der Waals surface area contributed by atoms with Gasteiger partial charge in [0.1, 0.15) is 0 Å². The number of carboxylic acids is 1. The van der Waals surface area contributed by atoms with Gasteiger partial charge < -0.3 is 10.0 Å². The first kappa shape index (κ1) is 16.7. The second-order valence-corrected chi connectivity index (χ2v) is 5.86. The molecule has 1 N–H and O–H groups in total. The molecule has 0 aliphatic carbocycles. The SMILES string of the molecule is Cc1ccc(C)c(CC(=O)N(C)Cc2ccc(C(=O)O)cc2)c1. The minimum Gasteiger partial charge on any atom is -0.478 e. The number of hydrogen-bond donors (Lipinski definition) is 1. The van der Waals surface area contributed by atoms with Crippen molar-refractivity contribution in [3.8, 4) is 0 Å². The Morgan fingerprint density at radius 1 is 1.04 bits per heavy atom. The quantitative estimate of drug-likeness (QED) is 0.922. The monoisotopic (exact) mass is 311 g/mol. The molecule has 2 aromatic carbocycles. The van der Waals surface area contributed by atoms with E-state index in [0.717, 1.165) is 22.3 Å². The summed E-state index contributed by atoms with van der Waals surface area (Å²) in [6, 6.07) is 12.7. The highest BCUT2D eigenvalue weighted by atomic mass is 16.4. The fraction of sp³-hybridized carbons (Fsp3) is 0.263.